The average molecular weight is 421 g/mol. The summed E-state index contributed by atoms with van der Waals surface area (Å²) in [5.41, 5.74) is 4.03. The molecule has 0 spiro atoms. The highest BCUT2D eigenvalue weighted by Crippen LogP contribution is 2.29. The maximum absolute atomic E-state index is 13.0. The molecule has 1 heterocycles. The number of ether oxygens (including phenoxy) is 1. The van der Waals surface area contributed by atoms with Crippen LogP contribution in [0.1, 0.15) is 70.8 Å². The number of rotatable bonds is 7. The van der Waals surface area contributed by atoms with Crippen molar-refractivity contribution in [1.29, 1.82) is 0 Å². The van der Waals surface area contributed by atoms with Gasteiger partial charge in [-0.25, -0.2) is 15.1 Å². The van der Waals surface area contributed by atoms with Gasteiger partial charge < -0.3 is 10.1 Å². The number of nitrogens with zero attached hydrogens (tertiary/aromatic N) is 4. The Balaban J connectivity index is 2.10. The molecular weight excluding hydrogens is 384 g/mol. The third-order valence-corrected chi connectivity index (χ3v) is 5.23. The highest BCUT2D eigenvalue weighted by atomic mass is 16.6. The van der Waals surface area contributed by atoms with Crippen LogP contribution in [-0.4, -0.2) is 45.1 Å². The first-order valence-electron chi connectivity index (χ1n) is 10.5. The van der Waals surface area contributed by atoms with Gasteiger partial charge in [0.2, 0.25) is 0 Å². The van der Waals surface area contributed by atoms with Crippen LogP contribution >= 0.6 is 0 Å². The number of amides is 1. The molecule has 1 saturated carbocycles. The van der Waals surface area contributed by atoms with E-state index < -0.39 is 5.60 Å². The summed E-state index contributed by atoms with van der Waals surface area (Å²) in [7, 11) is 3.56. The van der Waals surface area contributed by atoms with Gasteiger partial charge >= 0.3 is 11.8 Å². The summed E-state index contributed by atoms with van der Waals surface area (Å²) in [5.74, 6) is 0. The van der Waals surface area contributed by atoms with Crippen molar-refractivity contribution in [3.63, 3.8) is 0 Å². The zero-order chi connectivity index (χ0) is 22.5. The van der Waals surface area contributed by atoms with Gasteiger partial charge in [0.1, 0.15) is 5.60 Å². The summed E-state index contributed by atoms with van der Waals surface area (Å²) in [6.45, 7) is 11.2. The fraction of sp³-hybridized carbons (Fsp3) is 0.667. The highest BCUT2D eigenvalue weighted by Gasteiger charge is 2.29. The van der Waals surface area contributed by atoms with Gasteiger partial charge in [-0.1, -0.05) is 13.5 Å². The molecule has 1 fully saturated rings. The Hall–Kier alpha value is -2.71. The fourth-order valence-corrected chi connectivity index (χ4v) is 3.76. The largest absolute Gasteiger partial charge is 0.444 e. The molecule has 0 bridgehead atoms. The lowest BCUT2D eigenvalue weighted by molar-refractivity contribution is 0.0487. The van der Waals surface area contributed by atoms with E-state index in [1.54, 1.807) is 36.1 Å². The summed E-state index contributed by atoms with van der Waals surface area (Å²) in [6, 6.07) is 0.182. The second kappa shape index (κ2) is 9.86. The first-order valence-corrected chi connectivity index (χ1v) is 10.5. The fourth-order valence-electron chi connectivity index (χ4n) is 3.76. The summed E-state index contributed by atoms with van der Waals surface area (Å²) >= 11 is 0. The molecule has 2 N–H and O–H groups in total. The van der Waals surface area contributed by atoms with Crippen molar-refractivity contribution in [2.24, 2.45) is 12.1 Å². The monoisotopic (exact) mass is 420 g/mol. The molecule has 1 amide bonds. The maximum atomic E-state index is 13.0. The predicted molar refractivity (Wildman–Crippen MR) is 118 cm³/mol. The van der Waals surface area contributed by atoms with Crippen LogP contribution in [-0.2, 0) is 18.2 Å². The summed E-state index contributed by atoms with van der Waals surface area (Å²) in [4.78, 5) is 25.0. The minimum Gasteiger partial charge on any atom is -0.444 e. The molecule has 1 aliphatic carbocycles. The van der Waals surface area contributed by atoms with E-state index in [4.69, 9.17) is 4.74 Å². The van der Waals surface area contributed by atoms with Crippen LogP contribution < -0.4 is 16.5 Å². The van der Waals surface area contributed by atoms with E-state index in [-0.39, 0.29) is 23.9 Å². The third kappa shape index (κ3) is 5.90. The predicted octanol–water partition coefficient (Wildman–Crippen LogP) is 2.67. The molecular formula is C21H36N6O3. The number of imidazole rings is 1. The molecule has 9 nitrogen and oxygen atoms in total. The molecule has 1 aromatic rings. The molecule has 0 atom stereocenters. The molecule has 2 rings (SSSR count). The molecule has 0 saturated heterocycles. The standard InChI is InChI=1S/C21H36N6O3/c1-8-17-18(14-22-24-25(6)9-2)26(7)20(29)27(17)16-12-10-15(11-13-16)23-19(28)30-21(3,4)5/h9,14-16,24H,2,8,10-13H2,1,3-7H3,(H,23,28)/b22-14-. The molecule has 0 aromatic carbocycles. The summed E-state index contributed by atoms with van der Waals surface area (Å²) in [5, 5.41) is 8.78. The van der Waals surface area contributed by atoms with Crippen molar-refractivity contribution in [2.75, 3.05) is 7.05 Å². The number of hydrogen-bond acceptors (Lipinski definition) is 6. The quantitative estimate of drug-likeness (QED) is 0.523. The van der Waals surface area contributed by atoms with Gasteiger partial charge in [-0.05, 0) is 52.9 Å². The Bertz CT molecular complexity index is 825. The van der Waals surface area contributed by atoms with Gasteiger partial charge in [0.25, 0.3) is 0 Å². The maximum Gasteiger partial charge on any atom is 0.407 e. The van der Waals surface area contributed by atoms with E-state index in [1.807, 2.05) is 32.3 Å². The van der Waals surface area contributed by atoms with Crippen LogP contribution in [0.2, 0.25) is 0 Å². The van der Waals surface area contributed by atoms with Crippen LogP contribution in [0.3, 0.4) is 0 Å². The van der Waals surface area contributed by atoms with Gasteiger partial charge in [0, 0.05) is 38.1 Å². The number of carbonyl (C=O) groups is 1. The molecule has 168 valence electrons. The van der Waals surface area contributed by atoms with Crippen molar-refractivity contribution < 1.29 is 9.53 Å². The topological polar surface area (TPSA) is 92.9 Å². The number of nitrogens with one attached hydrogen (secondary N) is 2. The van der Waals surface area contributed by atoms with E-state index in [0.717, 1.165) is 43.5 Å². The average Bonchev–Trinajstić information content (AvgIpc) is 2.91. The summed E-state index contributed by atoms with van der Waals surface area (Å²) < 4.78 is 8.90. The van der Waals surface area contributed by atoms with Gasteiger partial charge in [-0.15, -0.1) is 0 Å². The lowest BCUT2D eigenvalue weighted by Crippen LogP contribution is -2.42. The second-order valence-corrected chi connectivity index (χ2v) is 8.70. The van der Waals surface area contributed by atoms with Crippen molar-refractivity contribution in [1.82, 2.24) is 25.0 Å². The van der Waals surface area contributed by atoms with E-state index in [2.05, 4.69) is 22.5 Å². The molecule has 9 heteroatoms. The Labute approximate surface area is 178 Å². The second-order valence-electron chi connectivity index (χ2n) is 8.70. The number of hydrazine groups is 1. The molecule has 0 unspecified atom stereocenters. The van der Waals surface area contributed by atoms with Gasteiger partial charge in [0.05, 0.1) is 11.9 Å². The smallest absolute Gasteiger partial charge is 0.407 e. The van der Waals surface area contributed by atoms with E-state index >= 15 is 0 Å². The van der Waals surface area contributed by atoms with Gasteiger partial charge in [0.15, 0.2) is 0 Å². The number of hydrazone groups is 1. The number of hydrogen-bond donors (Lipinski definition) is 2. The van der Waals surface area contributed by atoms with Gasteiger partial charge in [-0.3, -0.25) is 14.1 Å². The summed E-state index contributed by atoms with van der Waals surface area (Å²) in [6.07, 6.45) is 6.89. The number of carbonyl (C=O) groups excluding carboxylic acids is 1. The first kappa shape index (κ1) is 23.6. The lowest BCUT2D eigenvalue weighted by Gasteiger charge is -2.31. The number of alkyl carbamates (subject to hydrolysis) is 1. The van der Waals surface area contributed by atoms with Crippen LogP contribution in [0.4, 0.5) is 4.79 Å². The first-order chi connectivity index (χ1) is 14.1. The Morgan fingerprint density at radius 2 is 1.97 bits per heavy atom. The van der Waals surface area contributed by atoms with Crippen LogP contribution in [0, 0.1) is 0 Å². The Kier molecular flexibility index (Phi) is 7.75. The minimum atomic E-state index is -0.512. The van der Waals surface area contributed by atoms with E-state index in [9.17, 15) is 9.59 Å². The van der Waals surface area contributed by atoms with Crippen molar-refractivity contribution in [2.45, 2.75) is 77.5 Å². The van der Waals surface area contributed by atoms with E-state index in [0.29, 0.717) is 0 Å². The lowest BCUT2D eigenvalue weighted by atomic mass is 9.91. The van der Waals surface area contributed by atoms with E-state index in [1.165, 1.54) is 0 Å². The molecule has 0 aliphatic heterocycles. The van der Waals surface area contributed by atoms with Crippen LogP contribution in [0.25, 0.3) is 0 Å². The van der Waals surface area contributed by atoms with Crippen LogP contribution in [0.5, 0.6) is 0 Å². The van der Waals surface area contributed by atoms with Crippen molar-refractivity contribution in [3.05, 3.63) is 34.7 Å². The van der Waals surface area contributed by atoms with Crippen molar-refractivity contribution in [3.8, 4) is 0 Å². The molecule has 1 aromatic heterocycles. The number of aromatic nitrogens is 2. The highest BCUT2D eigenvalue weighted by molar-refractivity contribution is 5.78. The molecule has 30 heavy (non-hydrogen) atoms. The van der Waals surface area contributed by atoms with Gasteiger partial charge in [-0.2, -0.15) is 5.10 Å². The zero-order valence-electron chi connectivity index (χ0n) is 19.1. The Morgan fingerprint density at radius 1 is 1.33 bits per heavy atom. The Morgan fingerprint density at radius 3 is 2.50 bits per heavy atom. The molecule has 0 radical (unpaired) electrons. The third-order valence-electron chi connectivity index (χ3n) is 5.23. The molecule has 1 aliphatic rings. The SMILES string of the molecule is C=CN(C)N/N=C\c1c(CC)n(C2CCC(NC(=O)OC(C)(C)C)CC2)c(=O)n1C. The minimum absolute atomic E-state index is 0.0334. The van der Waals surface area contributed by atoms with Crippen LogP contribution in [0.15, 0.2) is 22.7 Å². The van der Waals surface area contributed by atoms with Crippen molar-refractivity contribution >= 4 is 12.3 Å². The normalized spacial score (nSPS) is 19.5. The zero-order valence-corrected chi connectivity index (χ0v) is 19.1.